The van der Waals surface area contributed by atoms with E-state index in [4.69, 9.17) is 5.73 Å². The minimum atomic E-state index is -4.68. The average molecular weight is 466 g/mol. The number of nitrogens with zero attached hydrogens (tertiary/aromatic N) is 5. The number of likely N-dealkylation sites (tertiary alicyclic amines) is 1. The number of halogens is 5. The lowest BCUT2D eigenvalue weighted by atomic mass is 9.92. The van der Waals surface area contributed by atoms with Crippen molar-refractivity contribution in [1.82, 2.24) is 24.5 Å². The highest BCUT2D eigenvalue weighted by Gasteiger charge is 2.43. The van der Waals surface area contributed by atoms with Gasteiger partial charge in [0.25, 0.3) is 11.7 Å². The Morgan fingerprint density at radius 2 is 2.03 bits per heavy atom. The Kier molecular flexibility index (Phi) is 4.89. The van der Waals surface area contributed by atoms with Gasteiger partial charge in [0.15, 0.2) is 5.65 Å². The predicted octanol–water partition coefficient (Wildman–Crippen LogP) is 3.03. The van der Waals surface area contributed by atoms with E-state index in [1.807, 2.05) is 6.07 Å². The fourth-order valence-corrected chi connectivity index (χ4v) is 4.62. The number of nitrogens with two attached hydrogens (primary N) is 1. The minimum Gasteiger partial charge on any atom is -0.335 e. The number of carbonyl (C=O) groups is 1. The topological polar surface area (TPSA) is 89.4 Å². The molecule has 1 aliphatic heterocycles. The third-order valence-corrected chi connectivity index (χ3v) is 6.26. The third-order valence-electron chi connectivity index (χ3n) is 6.26. The Balaban J connectivity index is 1.43. The van der Waals surface area contributed by atoms with Crippen molar-refractivity contribution < 1.29 is 26.7 Å². The van der Waals surface area contributed by atoms with Gasteiger partial charge < -0.3 is 10.6 Å². The predicted molar refractivity (Wildman–Crippen MR) is 106 cm³/mol. The van der Waals surface area contributed by atoms with Crippen LogP contribution >= 0.6 is 0 Å². The van der Waals surface area contributed by atoms with Crippen LogP contribution in [0.25, 0.3) is 16.9 Å². The lowest BCUT2D eigenvalue weighted by Gasteiger charge is -2.25. The molecular weight excluding hydrogens is 447 g/mol. The molecule has 0 spiro atoms. The lowest BCUT2D eigenvalue weighted by molar-refractivity contribution is -0.144. The molecule has 0 unspecified atom stereocenters. The summed E-state index contributed by atoms with van der Waals surface area (Å²) in [5.74, 6) is -4.96. The van der Waals surface area contributed by atoms with Crippen molar-refractivity contribution in [2.45, 2.75) is 43.3 Å². The Bertz CT molecular complexity index is 1240. The number of benzene rings is 1. The quantitative estimate of drug-likeness (QED) is 0.600. The molecule has 5 rings (SSSR count). The first kappa shape index (κ1) is 21.7. The third kappa shape index (κ3) is 3.81. The molecule has 0 bridgehead atoms. The van der Waals surface area contributed by atoms with Crippen molar-refractivity contribution in [2.75, 3.05) is 13.1 Å². The number of fused-ring (bicyclic) bond motifs is 2. The van der Waals surface area contributed by atoms with E-state index in [-0.39, 0.29) is 24.5 Å². The number of aryl methyl sites for hydroxylation is 1. The largest absolute Gasteiger partial charge is 0.453 e. The van der Waals surface area contributed by atoms with E-state index in [1.165, 1.54) is 12.4 Å². The Labute approximate surface area is 184 Å². The number of amides is 1. The van der Waals surface area contributed by atoms with Gasteiger partial charge in [-0.05, 0) is 30.0 Å². The molecular formula is C21H19F5N6O. The summed E-state index contributed by atoms with van der Waals surface area (Å²) in [5.41, 5.74) is 8.81. The van der Waals surface area contributed by atoms with Gasteiger partial charge in [0.2, 0.25) is 5.91 Å². The molecule has 33 heavy (non-hydrogen) atoms. The summed E-state index contributed by atoms with van der Waals surface area (Å²) < 4.78 is 67.2. The van der Waals surface area contributed by atoms with Gasteiger partial charge in [-0.25, -0.2) is 18.3 Å². The van der Waals surface area contributed by atoms with Crippen LogP contribution in [0.2, 0.25) is 0 Å². The van der Waals surface area contributed by atoms with Crippen LogP contribution in [0.15, 0.2) is 30.6 Å². The van der Waals surface area contributed by atoms with Crippen LogP contribution in [0.4, 0.5) is 22.0 Å². The van der Waals surface area contributed by atoms with E-state index >= 15 is 0 Å². The molecule has 1 amide bonds. The van der Waals surface area contributed by atoms with Crippen molar-refractivity contribution in [2.24, 2.45) is 5.73 Å². The van der Waals surface area contributed by atoms with Crippen LogP contribution in [0.3, 0.4) is 0 Å². The van der Waals surface area contributed by atoms with Crippen molar-refractivity contribution in [3.63, 3.8) is 0 Å². The summed E-state index contributed by atoms with van der Waals surface area (Å²) in [5, 5.41) is 3.59. The highest BCUT2D eigenvalue weighted by atomic mass is 19.4. The molecule has 1 aromatic carbocycles. The number of carbonyl (C=O) groups excluding carboxylic acids is 1. The smallest absolute Gasteiger partial charge is 0.335 e. The van der Waals surface area contributed by atoms with Gasteiger partial charge >= 0.3 is 6.18 Å². The van der Waals surface area contributed by atoms with E-state index in [9.17, 15) is 26.7 Å². The molecule has 1 saturated heterocycles. The summed E-state index contributed by atoms with van der Waals surface area (Å²) in [6, 6.07) is 4.33. The number of hydrogen-bond acceptors (Lipinski definition) is 5. The fourth-order valence-electron chi connectivity index (χ4n) is 4.62. The molecule has 2 aromatic heterocycles. The maximum Gasteiger partial charge on any atom is 0.453 e. The van der Waals surface area contributed by atoms with Crippen LogP contribution in [-0.2, 0) is 17.4 Å². The zero-order valence-corrected chi connectivity index (χ0v) is 17.2. The van der Waals surface area contributed by atoms with Crippen LogP contribution in [-0.4, -0.2) is 55.4 Å². The standard InChI is InChI=1S/C21H19F5N6O/c22-20(23)5-6-31(10-20)18(33)17(27)14-4-1-11-7-12(2-3-13(11)14)15-8-28-9-16-29-19(21(24,25)26)30-32(15)16/h2-3,7-9,14,17H,1,4-6,10,27H2/t14-,17-/m0/s1. The summed E-state index contributed by atoms with van der Waals surface area (Å²) >= 11 is 0. The first-order valence-corrected chi connectivity index (χ1v) is 10.4. The molecule has 0 radical (unpaired) electrons. The highest BCUT2D eigenvalue weighted by molar-refractivity contribution is 5.83. The minimum absolute atomic E-state index is 0.0210. The van der Waals surface area contributed by atoms with Crippen LogP contribution in [0, 0.1) is 0 Å². The molecule has 2 atom stereocenters. The van der Waals surface area contributed by atoms with Gasteiger partial charge in [-0.3, -0.25) is 9.78 Å². The van der Waals surface area contributed by atoms with Crippen molar-refractivity contribution in [3.05, 3.63) is 47.5 Å². The maximum atomic E-state index is 13.5. The van der Waals surface area contributed by atoms with E-state index in [1.54, 1.807) is 12.1 Å². The summed E-state index contributed by atoms with van der Waals surface area (Å²) in [7, 11) is 0. The van der Waals surface area contributed by atoms with Gasteiger partial charge in [-0.15, -0.1) is 5.10 Å². The maximum absolute atomic E-state index is 13.5. The molecule has 2 N–H and O–H groups in total. The normalized spacial score (nSPS) is 20.9. The van der Waals surface area contributed by atoms with Crippen molar-refractivity contribution in [1.29, 1.82) is 0 Å². The zero-order valence-electron chi connectivity index (χ0n) is 17.2. The summed E-state index contributed by atoms with van der Waals surface area (Å²) in [4.78, 5) is 21.3. The van der Waals surface area contributed by atoms with Crippen molar-refractivity contribution >= 4 is 11.6 Å². The number of aromatic nitrogens is 4. The lowest BCUT2D eigenvalue weighted by Crippen LogP contribution is -2.46. The van der Waals surface area contributed by atoms with Gasteiger partial charge in [0.05, 0.1) is 30.7 Å². The first-order valence-electron chi connectivity index (χ1n) is 10.4. The summed E-state index contributed by atoms with van der Waals surface area (Å²) in [6.07, 6.45) is -1.29. The van der Waals surface area contributed by atoms with E-state index < -0.39 is 36.4 Å². The van der Waals surface area contributed by atoms with Crippen molar-refractivity contribution in [3.8, 4) is 11.3 Å². The van der Waals surface area contributed by atoms with Gasteiger partial charge in [-0.1, -0.05) is 12.1 Å². The molecule has 1 fully saturated rings. The van der Waals surface area contributed by atoms with E-state index in [2.05, 4.69) is 15.1 Å². The molecule has 7 nitrogen and oxygen atoms in total. The van der Waals surface area contributed by atoms with Crippen LogP contribution < -0.4 is 5.73 Å². The number of hydrogen-bond donors (Lipinski definition) is 1. The Hall–Kier alpha value is -3.15. The van der Waals surface area contributed by atoms with Crippen LogP contribution in [0.5, 0.6) is 0 Å². The van der Waals surface area contributed by atoms with Crippen LogP contribution in [0.1, 0.15) is 35.7 Å². The fraction of sp³-hybridized carbons (Fsp3) is 0.429. The Morgan fingerprint density at radius 3 is 2.73 bits per heavy atom. The molecule has 0 saturated carbocycles. The van der Waals surface area contributed by atoms with E-state index in [0.717, 1.165) is 20.5 Å². The second kappa shape index (κ2) is 7.44. The monoisotopic (exact) mass is 466 g/mol. The molecule has 174 valence electrons. The molecule has 12 heteroatoms. The Morgan fingerprint density at radius 1 is 1.24 bits per heavy atom. The molecule has 3 aromatic rings. The highest BCUT2D eigenvalue weighted by Crippen LogP contribution is 2.38. The molecule has 1 aliphatic carbocycles. The number of rotatable bonds is 3. The summed E-state index contributed by atoms with van der Waals surface area (Å²) in [6.45, 7) is -0.639. The SMILES string of the molecule is N[C@H](C(=O)N1CCC(F)(F)C1)[C@H]1CCc2cc(-c3cncc4nc(C(F)(F)F)nn34)ccc21. The van der Waals surface area contributed by atoms with Gasteiger partial charge in [-0.2, -0.15) is 13.2 Å². The van der Waals surface area contributed by atoms with E-state index in [0.29, 0.717) is 24.1 Å². The molecule has 3 heterocycles. The average Bonchev–Trinajstić information content (AvgIpc) is 3.47. The second-order valence-corrected chi connectivity index (χ2v) is 8.45. The van der Waals surface area contributed by atoms with Gasteiger partial charge in [0, 0.05) is 24.4 Å². The molecule has 2 aliphatic rings. The zero-order chi connectivity index (χ0) is 23.5. The number of alkyl halides is 5. The first-order chi connectivity index (χ1) is 15.5. The van der Waals surface area contributed by atoms with Gasteiger partial charge in [0.1, 0.15) is 0 Å². The second-order valence-electron chi connectivity index (χ2n) is 8.45.